The summed E-state index contributed by atoms with van der Waals surface area (Å²) in [5.74, 6) is 0.107. The van der Waals surface area contributed by atoms with Gasteiger partial charge < -0.3 is 15.5 Å². The van der Waals surface area contributed by atoms with Crippen LogP contribution in [0.4, 0.5) is 5.69 Å². The molecule has 0 bridgehead atoms. The molecule has 2 heterocycles. The average molecular weight is 349 g/mol. The second-order valence-electron chi connectivity index (χ2n) is 7.25. The number of carbonyl (C=O) groups excluding carboxylic acids is 2. The third kappa shape index (κ3) is 3.17. The third-order valence-electron chi connectivity index (χ3n) is 5.31. The summed E-state index contributed by atoms with van der Waals surface area (Å²) in [6.45, 7) is 3.26. The maximum atomic E-state index is 12.6. The molecule has 2 aliphatic rings. The van der Waals surface area contributed by atoms with Gasteiger partial charge in [0.2, 0.25) is 5.91 Å². The summed E-state index contributed by atoms with van der Waals surface area (Å²) in [5.41, 5.74) is 3.22. The first-order chi connectivity index (χ1) is 12.5. The Morgan fingerprint density at radius 3 is 2.54 bits per heavy atom. The van der Waals surface area contributed by atoms with Crippen LogP contribution in [0, 0.1) is 6.92 Å². The zero-order chi connectivity index (χ0) is 18.1. The number of hydrogen-bond acceptors (Lipinski definition) is 3. The monoisotopic (exact) mass is 349 g/mol. The molecule has 2 aromatic rings. The van der Waals surface area contributed by atoms with E-state index in [0.29, 0.717) is 37.9 Å². The number of carbonyl (C=O) groups is 2. The van der Waals surface area contributed by atoms with Crippen LogP contribution in [-0.4, -0.2) is 35.5 Å². The van der Waals surface area contributed by atoms with Crippen molar-refractivity contribution in [2.45, 2.75) is 31.8 Å². The van der Waals surface area contributed by atoms with E-state index in [-0.39, 0.29) is 11.8 Å². The van der Waals surface area contributed by atoms with Crippen molar-refractivity contribution in [2.24, 2.45) is 0 Å². The number of likely N-dealkylation sites (tertiary alicyclic amines) is 1. The van der Waals surface area contributed by atoms with Crippen LogP contribution >= 0.6 is 0 Å². The highest BCUT2D eigenvalue weighted by molar-refractivity contribution is 6.02. The zero-order valence-corrected chi connectivity index (χ0v) is 14.9. The summed E-state index contributed by atoms with van der Waals surface area (Å²) in [4.78, 5) is 27.0. The van der Waals surface area contributed by atoms with Crippen molar-refractivity contribution in [3.63, 3.8) is 0 Å². The summed E-state index contributed by atoms with van der Waals surface area (Å²) in [7, 11) is 0. The summed E-state index contributed by atoms with van der Waals surface area (Å²) in [6, 6.07) is 15.7. The number of benzene rings is 2. The van der Waals surface area contributed by atoms with E-state index < -0.39 is 5.66 Å². The smallest absolute Gasteiger partial charge is 0.255 e. The molecule has 26 heavy (non-hydrogen) atoms. The van der Waals surface area contributed by atoms with Crippen molar-refractivity contribution in [3.8, 4) is 0 Å². The second kappa shape index (κ2) is 6.48. The van der Waals surface area contributed by atoms with Gasteiger partial charge in [0.05, 0.1) is 12.0 Å². The molecule has 4 rings (SSSR count). The SMILES string of the molecule is Cc1ccc2c(c1)C(=O)NC1(CCN(C(=O)Cc3ccccc3)CC1)N2. The lowest BCUT2D eigenvalue weighted by molar-refractivity contribution is -0.132. The minimum absolute atomic E-state index is 0.0356. The summed E-state index contributed by atoms with van der Waals surface area (Å²) < 4.78 is 0. The van der Waals surface area contributed by atoms with Gasteiger partial charge in [0, 0.05) is 31.6 Å². The zero-order valence-electron chi connectivity index (χ0n) is 14.9. The van der Waals surface area contributed by atoms with Crippen molar-refractivity contribution in [1.82, 2.24) is 10.2 Å². The number of piperidine rings is 1. The molecule has 5 nitrogen and oxygen atoms in total. The molecule has 0 atom stereocenters. The van der Waals surface area contributed by atoms with Gasteiger partial charge in [-0.15, -0.1) is 0 Å². The molecule has 0 saturated carbocycles. The lowest BCUT2D eigenvalue weighted by Gasteiger charge is -2.46. The lowest BCUT2D eigenvalue weighted by atomic mass is 9.91. The first-order valence-corrected chi connectivity index (χ1v) is 9.08. The highest BCUT2D eigenvalue weighted by Gasteiger charge is 2.40. The van der Waals surface area contributed by atoms with E-state index >= 15 is 0 Å². The van der Waals surface area contributed by atoms with Crippen LogP contribution in [0.5, 0.6) is 0 Å². The molecule has 5 heteroatoms. The van der Waals surface area contributed by atoms with E-state index in [1.807, 2.05) is 60.4 Å². The number of amides is 2. The topological polar surface area (TPSA) is 61.4 Å². The fourth-order valence-electron chi connectivity index (χ4n) is 3.80. The quantitative estimate of drug-likeness (QED) is 0.876. The Kier molecular flexibility index (Phi) is 4.15. The minimum Gasteiger partial charge on any atom is -0.362 e. The van der Waals surface area contributed by atoms with Crippen molar-refractivity contribution in [1.29, 1.82) is 0 Å². The van der Waals surface area contributed by atoms with E-state index in [2.05, 4.69) is 10.6 Å². The van der Waals surface area contributed by atoms with Gasteiger partial charge in [-0.25, -0.2) is 0 Å². The van der Waals surface area contributed by atoms with Crippen LogP contribution in [0.1, 0.15) is 34.3 Å². The van der Waals surface area contributed by atoms with Crippen LogP contribution < -0.4 is 10.6 Å². The minimum atomic E-state index is -0.455. The summed E-state index contributed by atoms with van der Waals surface area (Å²) >= 11 is 0. The molecule has 134 valence electrons. The maximum absolute atomic E-state index is 12.6. The molecule has 2 aromatic carbocycles. The first kappa shape index (κ1) is 16.6. The normalized spacial score (nSPS) is 18.0. The number of nitrogens with zero attached hydrogens (tertiary/aromatic N) is 1. The highest BCUT2D eigenvalue weighted by Crippen LogP contribution is 2.32. The molecule has 1 saturated heterocycles. The molecule has 2 aliphatic heterocycles. The molecule has 1 fully saturated rings. The predicted octanol–water partition coefficient (Wildman–Crippen LogP) is 2.71. The third-order valence-corrected chi connectivity index (χ3v) is 5.31. The van der Waals surface area contributed by atoms with E-state index in [0.717, 1.165) is 16.8 Å². The largest absolute Gasteiger partial charge is 0.362 e. The van der Waals surface area contributed by atoms with Crippen molar-refractivity contribution in [2.75, 3.05) is 18.4 Å². The number of anilines is 1. The Morgan fingerprint density at radius 2 is 1.81 bits per heavy atom. The number of nitrogens with one attached hydrogen (secondary N) is 2. The van der Waals surface area contributed by atoms with Crippen LogP contribution in [0.2, 0.25) is 0 Å². The molecule has 1 spiro atoms. The fraction of sp³-hybridized carbons (Fsp3) is 0.333. The van der Waals surface area contributed by atoms with Gasteiger partial charge in [0.15, 0.2) is 0 Å². The van der Waals surface area contributed by atoms with Crippen LogP contribution in [0.25, 0.3) is 0 Å². The van der Waals surface area contributed by atoms with Crippen LogP contribution in [0.3, 0.4) is 0 Å². The van der Waals surface area contributed by atoms with Gasteiger partial charge in [-0.2, -0.15) is 0 Å². The number of rotatable bonds is 2. The molecular weight excluding hydrogens is 326 g/mol. The van der Waals surface area contributed by atoms with Gasteiger partial charge >= 0.3 is 0 Å². The van der Waals surface area contributed by atoms with Crippen LogP contribution in [-0.2, 0) is 11.2 Å². The molecule has 0 radical (unpaired) electrons. The average Bonchev–Trinajstić information content (AvgIpc) is 2.64. The summed E-state index contributed by atoms with van der Waals surface area (Å²) in [6.07, 6.45) is 1.83. The number of hydrogen-bond donors (Lipinski definition) is 2. The highest BCUT2D eigenvalue weighted by atomic mass is 16.2. The van der Waals surface area contributed by atoms with Gasteiger partial charge in [0.25, 0.3) is 5.91 Å². The summed E-state index contributed by atoms with van der Waals surface area (Å²) in [5, 5.41) is 6.65. The van der Waals surface area contributed by atoms with E-state index in [4.69, 9.17) is 0 Å². The molecule has 0 aromatic heterocycles. The molecular formula is C21H23N3O2. The van der Waals surface area contributed by atoms with Crippen molar-refractivity contribution < 1.29 is 9.59 Å². The standard InChI is InChI=1S/C21H23N3O2/c1-15-7-8-18-17(13-15)20(26)23-21(22-18)9-11-24(12-10-21)19(25)14-16-5-3-2-4-6-16/h2-8,13,22H,9-12,14H2,1H3,(H,23,26). The molecule has 0 aliphatic carbocycles. The van der Waals surface area contributed by atoms with Gasteiger partial charge in [0.1, 0.15) is 5.66 Å². The fourth-order valence-corrected chi connectivity index (χ4v) is 3.80. The number of aryl methyl sites for hydroxylation is 1. The Labute approximate surface area is 153 Å². The van der Waals surface area contributed by atoms with Crippen molar-refractivity contribution >= 4 is 17.5 Å². The Morgan fingerprint density at radius 1 is 1.08 bits per heavy atom. The van der Waals surface area contributed by atoms with E-state index in [1.54, 1.807) is 0 Å². The van der Waals surface area contributed by atoms with E-state index in [1.165, 1.54) is 0 Å². The first-order valence-electron chi connectivity index (χ1n) is 9.08. The second-order valence-corrected chi connectivity index (χ2v) is 7.25. The van der Waals surface area contributed by atoms with Gasteiger partial charge in [-0.05, 0) is 24.6 Å². The Bertz CT molecular complexity index is 840. The Hall–Kier alpha value is -2.82. The maximum Gasteiger partial charge on any atom is 0.255 e. The van der Waals surface area contributed by atoms with E-state index in [9.17, 15) is 9.59 Å². The Balaban J connectivity index is 1.42. The lowest BCUT2D eigenvalue weighted by Crippen LogP contribution is -2.62. The number of fused-ring (bicyclic) bond motifs is 1. The van der Waals surface area contributed by atoms with Crippen LogP contribution in [0.15, 0.2) is 48.5 Å². The molecule has 2 amide bonds. The van der Waals surface area contributed by atoms with Crippen molar-refractivity contribution in [3.05, 3.63) is 65.2 Å². The molecule has 2 N–H and O–H groups in total. The van der Waals surface area contributed by atoms with Gasteiger partial charge in [-0.3, -0.25) is 9.59 Å². The predicted molar refractivity (Wildman–Crippen MR) is 101 cm³/mol. The molecule has 0 unspecified atom stereocenters. The van der Waals surface area contributed by atoms with Gasteiger partial charge in [-0.1, -0.05) is 42.0 Å².